The highest BCUT2D eigenvalue weighted by Crippen LogP contribution is 2.14. The van der Waals surface area contributed by atoms with E-state index in [0.29, 0.717) is 0 Å². The summed E-state index contributed by atoms with van der Waals surface area (Å²) in [5.41, 5.74) is -0.398. The summed E-state index contributed by atoms with van der Waals surface area (Å²) in [6.45, 7) is 1.39. The molecule has 1 N–H and O–H groups in total. The molecule has 1 heterocycles. The van der Waals surface area contributed by atoms with Gasteiger partial charge in [-0.1, -0.05) is 0 Å². The Hall–Kier alpha value is -0.840. The number of hydrogen-bond acceptors (Lipinski definition) is 4. The quantitative estimate of drug-likeness (QED) is 0.572. The Morgan fingerprint density at radius 3 is 3.00 bits per heavy atom. The van der Waals surface area contributed by atoms with E-state index in [4.69, 9.17) is 0 Å². The number of nitrogens with one attached hydrogen (secondary N) is 1. The molecule has 1 amide bonds. The van der Waals surface area contributed by atoms with Crippen LogP contribution in [0.25, 0.3) is 0 Å². The molecule has 0 aromatic carbocycles. The molecular formula is C5H6N2O2S. The third-order valence-corrected chi connectivity index (χ3v) is 1.67. The molecule has 0 aromatic rings. The van der Waals surface area contributed by atoms with Gasteiger partial charge in [0, 0.05) is 6.92 Å². The van der Waals surface area contributed by atoms with E-state index in [1.807, 2.05) is 0 Å². The van der Waals surface area contributed by atoms with Gasteiger partial charge in [0.05, 0.1) is 6.21 Å². The van der Waals surface area contributed by atoms with Crippen molar-refractivity contribution in [1.82, 2.24) is 5.32 Å². The first kappa shape index (κ1) is 7.27. The lowest BCUT2D eigenvalue weighted by molar-refractivity contribution is -0.119. The summed E-state index contributed by atoms with van der Waals surface area (Å²) >= 11 is 1.00. The summed E-state index contributed by atoms with van der Waals surface area (Å²) in [5.74, 6) is -0.177. The highest BCUT2D eigenvalue weighted by Gasteiger charge is 2.17. The number of aliphatic imine (C=N–C) groups is 1. The number of hydrogen-bond donors (Lipinski definition) is 1. The van der Waals surface area contributed by atoms with Crippen molar-refractivity contribution in [1.29, 1.82) is 0 Å². The van der Waals surface area contributed by atoms with Gasteiger partial charge in [-0.05, 0) is 11.8 Å². The number of nitrogens with zero attached hydrogens (tertiary/aromatic N) is 1. The Labute approximate surface area is 62.1 Å². The number of rotatable bonds is 1. The third kappa shape index (κ3) is 1.84. The lowest BCUT2D eigenvalue weighted by Crippen LogP contribution is -2.27. The molecule has 0 saturated carbocycles. The minimum absolute atomic E-state index is 0.112. The fourth-order valence-electron chi connectivity index (χ4n) is 0.540. The SMILES string of the molecule is CC(=O)NC1N=CC(=O)S1. The summed E-state index contributed by atoms with van der Waals surface area (Å²) in [6, 6.07) is 0. The first-order chi connectivity index (χ1) is 4.68. The van der Waals surface area contributed by atoms with Gasteiger partial charge in [-0.15, -0.1) is 0 Å². The molecule has 1 atom stereocenters. The fourth-order valence-corrected chi connectivity index (χ4v) is 1.23. The van der Waals surface area contributed by atoms with Crippen molar-refractivity contribution in [2.24, 2.45) is 4.99 Å². The Bertz CT molecular complexity index is 202. The molecule has 1 unspecified atom stereocenters. The maximum absolute atomic E-state index is 10.5. The zero-order valence-corrected chi connectivity index (χ0v) is 6.14. The van der Waals surface area contributed by atoms with Gasteiger partial charge in [0.2, 0.25) is 11.0 Å². The average Bonchev–Trinajstić information content (AvgIpc) is 2.13. The van der Waals surface area contributed by atoms with Crippen LogP contribution >= 0.6 is 11.8 Å². The van der Waals surface area contributed by atoms with Gasteiger partial charge in [-0.3, -0.25) is 14.6 Å². The van der Waals surface area contributed by atoms with Gasteiger partial charge in [0.25, 0.3) is 0 Å². The van der Waals surface area contributed by atoms with Crippen molar-refractivity contribution in [3.63, 3.8) is 0 Å². The van der Waals surface area contributed by atoms with Crippen molar-refractivity contribution < 1.29 is 9.59 Å². The molecule has 1 aliphatic heterocycles. The van der Waals surface area contributed by atoms with Crippen LogP contribution in [0, 0.1) is 0 Å². The molecule has 1 aliphatic rings. The fraction of sp³-hybridized carbons (Fsp3) is 0.400. The average molecular weight is 158 g/mol. The number of carbonyl (C=O) groups excluding carboxylic acids is 2. The van der Waals surface area contributed by atoms with Gasteiger partial charge >= 0.3 is 0 Å². The smallest absolute Gasteiger partial charge is 0.233 e. The standard InChI is InChI=1S/C5H6N2O2S/c1-3(8)7-5-6-2-4(9)10-5/h2,5H,1H3,(H,7,8). The van der Waals surface area contributed by atoms with Crippen LogP contribution in [-0.4, -0.2) is 22.7 Å². The highest BCUT2D eigenvalue weighted by atomic mass is 32.2. The Balaban J connectivity index is 2.40. The lowest BCUT2D eigenvalue weighted by Gasteiger charge is -2.03. The van der Waals surface area contributed by atoms with Crippen molar-refractivity contribution in [3.8, 4) is 0 Å². The van der Waals surface area contributed by atoms with E-state index in [2.05, 4.69) is 10.3 Å². The highest BCUT2D eigenvalue weighted by molar-refractivity contribution is 8.16. The molecule has 0 radical (unpaired) electrons. The van der Waals surface area contributed by atoms with Gasteiger partial charge in [0.15, 0.2) is 5.50 Å². The van der Waals surface area contributed by atoms with Gasteiger partial charge < -0.3 is 5.32 Å². The summed E-state index contributed by atoms with van der Waals surface area (Å²) < 4.78 is 0. The van der Waals surface area contributed by atoms with Crippen molar-refractivity contribution in [2.75, 3.05) is 0 Å². The van der Waals surface area contributed by atoms with E-state index in [1.54, 1.807) is 0 Å². The van der Waals surface area contributed by atoms with Crippen LogP contribution in [0.1, 0.15) is 6.92 Å². The molecule has 4 nitrogen and oxygen atoms in total. The van der Waals surface area contributed by atoms with Crippen LogP contribution in [0.15, 0.2) is 4.99 Å². The number of amides is 1. The molecule has 1 rings (SSSR count). The molecule has 0 bridgehead atoms. The molecule has 0 fully saturated rings. The second-order valence-corrected chi connectivity index (χ2v) is 2.85. The summed E-state index contributed by atoms with van der Waals surface area (Å²) in [6.07, 6.45) is 1.21. The monoisotopic (exact) mass is 158 g/mol. The molecular weight excluding hydrogens is 152 g/mol. The van der Waals surface area contributed by atoms with Crippen LogP contribution in [0.2, 0.25) is 0 Å². The van der Waals surface area contributed by atoms with Crippen LogP contribution in [0.4, 0.5) is 0 Å². The maximum atomic E-state index is 10.5. The largest absolute Gasteiger partial charge is 0.326 e. The molecule has 54 valence electrons. The molecule has 10 heavy (non-hydrogen) atoms. The Kier molecular flexibility index (Phi) is 2.06. The zero-order chi connectivity index (χ0) is 7.56. The van der Waals surface area contributed by atoms with Crippen LogP contribution in [0.3, 0.4) is 0 Å². The first-order valence-corrected chi connectivity index (χ1v) is 3.57. The van der Waals surface area contributed by atoms with Crippen molar-refractivity contribution in [2.45, 2.75) is 12.4 Å². The first-order valence-electron chi connectivity index (χ1n) is 2.69. The third-order valence-electron chi connectivity index (χ3n) is 0.870. The maximum Gasteiger partial charge on any atom is 0.233 e. The predicted molar refractivity (Wildman–Crippen MR) is 38.7 cm³/mol. The molecule has 0 aliphatic carbocycles. The predicted octanol–water partition coefficient (Wildman–Crippen LogP) is -0.250. The summed E-state index contributed by atoms with van der Waals surface area (Å²) in [7, 11) is 0. The van der Waals surface area contributed by atoms with Crippen molar-refractivity contribution >= 4 is 29.0 Å². The molecule has 0 aromatic heterocycles. The van der Waals surface area contributed by atoms with Crippen LogP contribution in [-0.2, 0) is 9.59 Å². The minimum atomic E-state index is -0.398. The lowest BCUT2D eigenvalue weighted by atomic mass is 10.7. The Morgan fingerprint density at radius 2 is 2.60 bits per heavy atom. The van der Waals surface area contributed by atoms with E-state index in [0.717, 1.165) is 11.8 Å². The second kappa shape index (κ2) is 2.83. The Morgan fingerprint density at radius 1 is 1.90 bits per heavy atom. The molecule has 0 saturated heterocycles. The van der Waals surface area contributed by atoms with Gasteiger partial charge in [0.1, 0.15) is 0 Å². The summed E-state index contributed by atoms with van der Waals surface area (Å²) in [5, 5.41) is 2.37. The molecule has 5 heteroatoms. The van der Waals surface area contributed by atoms with E-state index >= 15 is 0 Å². The van der Waals surface area contributed by atoms with Crippen LogP contribution < -0.4 is 5.32 Å². The molecule has 0 spiro atoms. The van der Waals surface area contributed by atoms with Gasteiger partial charge in [-0.25, -0.2) is 0 Å². The van der Waals surface area contributed by atoms with Crippen LogP contribution in [0.5, 0.6) is 0 Å². The van der Waals surface area contributed by atoms with E-state index in [-0.39, 0.29) is 11.0 Å². The van der Waals surface area contributed by atoms with Gasteiger partial charge in [-0.2, -0.15) is 0 Å². The number of thioether (sulfide) groups is 1. The minimum Gasteiger partial charge on any atom is -0.326 e. The van der Waals surface area contributed by atoms with E-state index in [1.165, 1.54) is 13.1 Å². The topological polar surface area (TPSA) is 58.5 Å². The van der Waals surface area contributed by atoms with E-state index in [9.17, 15) is 9.59 Å². The number of carbonyl (C=O) groups is 2. The second-order valence-electron chi connectivity index (χ2n) is 1.77. The summed E-state index contributed by atoms with van der Waals surface area (Å²) in [4.78, 5) is 24.6. The normalized spacial score (nSPS) is 23.3. The van der Waals surface area contributed by atoms with Crippen molar-refractivity contribution in [3.05, 3.63) is 0 Å². The zero-order valence-electron chi connectivity index (χ0n) is 5.33. The van der Waals surface area contributed by atoms with E-state index < -0.39 is 5.50 Å².